The average Bonchev–Trinajstić information content (AvgIpc) is 3.47. The summed E-state index contributed by atoms with van der Waals surface area (Å²) < 4.78 is 7.09. The second-order valence-electron chi connectivity index (χ2n) is 10.4. The molecular formula is C33H25N3O5S2. The van der Waals surface area contributed by atoms with Crippen LogP contribution in [0.2, 0.25) is 0 Å². The van der Waals surface area contributed by atoms with Crippen LogP contribution >= 0.6 is 23.1 Å². The summed E-state index contributed by atoms with van der Waals surface area (Å²) in [6.45, 7) is -0.231. The quantitative estimate of drug-likeness (QED) is 0.256. The molecular weight excluding hydrogens is 583 g/mol. The minimum Gasteiger partial charge on any atom is -0.496 e. The average molecular weight is 608 g/mol. The number of nitrogens with one attached hydrogen (secondary N) is 1. The van der Waals surface area contributed by atoms with E-state index in [0.29, 0.717) is 32.6 Å². The third kappa shape index (κ3) is 4.63. The molecule has 0 radical (unpaired) electrons. The first-order valence-corrected chi connectivity index (χ1v) is 15.4. The lowest BCUT2D eigenvalue weighted by Crippen LogP contribution is -2.33. The second kappa shape index (κ2) is 10.9. The topological polar surface area (TPSA) is 97.7 Å². The Balaban J connectivity index is 1.28. The molecule has 214 valence electrons. The number of nitrogens with zero attached hydrogens (tertiary/aromatic N) is 2. The molecule has 0 spiro atoms. The molecule has 0 bridgehead atoms. The van der Waals surface area contributed by atoms with Gasteiger partial charge in [0.15, 0.2) is 0 Å². The molecule has 7 rings (SSSR count). The fourth-order valence-electron chi connectivity index (χ4n) is 5.96. The number of amides is 3. The van der Waals surface area contributed by atoms with Gasteiger partial charge in [-0.05, 0) is 41.1 Å². The minimum atomic E-state index is -0.779. The highest BCUT2D eigenvalue weighted by molar-refractivity contribution is 8.00. The molecule has 2 unspecified atom stereocenters. The predicted molar refractivity (Wildman–Crippen MR) is 168 cm³/mol. The summed E-state index contributed by atoms with van der Waals surface area (Å²) >= 11 is 2.20. The van der Waals surface area contributed by atoms with Crippen molar-refractivity contribution >= 4 is 63.0 Å². The summed E-state index contributed by atoms with van der Waals surface area (Å²) in [4.78, 5) is 56.2. The van der Waals surface area contributed by atoms with Crippen molar-refractivity contribution in [2.45, 2.75) is 22.7 Å². The first kappa shape index (κ1) is 27.2. The fourth-order valence-corrected chi connectivity index (χ4v) is 8.72. The number of thiazole rings is 1. The summed E-state index contributed by atoms with van der Waals surface area (Å²) in [5, 5.41) is 4.69. The molecule has 3 atom stereocenters. The Morgan fingerprint density at radius 2 is 1.58 bits per heavy atom. The van der Waals surface area contributed by atoms with E-state index in [1.54, 1.807) is 37.4 Å². The van der Waals surface area contributed by atoms with Crippen LogP contribution in [0.15, 0.2) is 107 Å². The minimum absolute atomic E-state index is 0.231. The lowest BCUT2D eigenvalue weighted by atomic mass is 9.82. The fraction of sp³-hybridized carbons (Fsp3) is 0.152. The highest BCUT2D eigenvalue weighted by Crippen LogP contribution is 2.55. The molecule has 3 heterocycles. The van der Waals surface area contributed by atoms with E-state index < -0.39 is 17.1 Å². The first-order chi connectivity index (χ1) is 20.9. The highest BCUT2D eigenvalue weighted by Gasteiger charge is 2.57. The molecule has 3 amide bonds. The summed E-state index contributed by atoms with van der Waals surface area (Å²) in [5.41, 5.74) is 1.84. The smallest absolute Gasteiger partial charge is 0.308 e. The normalized spacial score (nSPS) is 19.3. The zero-order valence-corrected chi connectivity index (χ0v) is 24.6. The zero-order chi connectivity index (χ0) is 29.7. The molecule has 2 aliphatic rings. The molecule has 8 nitrogen and oxygen atoms in total. The summed E-state index contributed by atoms with van der Waals surface area (Å²) in [6.07, 6.45) is 0. The SMILES string of the molecule is COc1ccccc1[C@H]1c2sc(=O)n(CC(=O)Nc3ccc4ccccc4c3)c2SC2C(=O)N(c3ccccc3)C(=O)C21. The number of hydrogen-bond donors (Lipinski definition) is 1. The lowest BCUT2D eigenvalue weighted by Gasteiger charge is -2.31. The van der Waals surface area contributed by atoms with E-state index in [9.17, 15) is 19.2 Å². The van der Waals surface area contributed by atoms with Crippen molar-refractivity contribution in [1.29, 1.82) is 0 Å². The number of hydrogen-bond acceptors (Lipinski definition) is 7. The maximum absolute atomic E-state index is 14.0. The van der Waals surface area contributed by atoms with Crippen molar-refractivity contribution in [2.75, 3.05) is 17.3 Å². The Morgan fingerprint density at radius 3 is 2.37 bits per heavy atom. The number of methoxy groups -OCH3 is 1. The lowest BCUT2D eigenvalue weighted by molar-refractivity contribution is -0.122. The van der Waals surface area contributed by atoms with Gasteiger partial charge in [-0.1, -0.05) is 89.8 Å². The van der Waals surface area contributed by atoms with Crippen LogP contribution in [0.1, 0.15) is 16.4 Å². The Hall–Kier alpha value is -4.67. The van der Waals surface area contributed by atoms with Crippen LogP contribution in [-0.2, 0) is 20.9 Å². The molecule has 10 heteroatoms. The highest BCUT2D eigenvalue weighted by atomic mass is 32.2. The Labute approximate surface area is 254 Å². The number of carbonyl (C=O) groups is 3. The molecule has 1 fully saturated rings. The van der Waals surface area contributed by atoms with Gasteiger partial charge in [-0.25, -0.2) is 4.90 Å². The van der Waals surface area contributed by atoms with Gasteiger partial charge in [0.05, 0.1) is 23.7 Å². The second-order valence-corrected chi connectivity index (χ2v) is 12.5. The van der Waals surface area contributed by atoms with E-state index in [1.165, 1.54) is 21.2 Å². The standard InChI is InChI=1S/C33H25N3O5S2/c1-41-24-14-8-7-13-23(24)26-27-28(31(39)36(30(27)38)22-11-3-2-4-12-22)42-32-29(26)43-33(40)35(32)18-25(37)34-21-16-15-19-9-5-6-10-20(19)17-21/h2-17,26-28H,18H2,1H3,(H,34,37)/t26-,27?,28?/m1/s1. The maximum atomic E-state index is 14.0. The largest absolute Gasteiger partial charge is 0.496 e. The molecule has 1 aromatic heterocycles. The Bertz CT molecular complexity index is 1970. The molecule has 0 aliphatic carbocycles. The van der Waals surface area contributed by atoms with Gasteiger partial charge in [0, 0.05) is 22.0 Å². The number of rotatable bonds is 6. The number of imide groups is 1. The summed E-state index contributed by atoms with van der Waals surface area (Å²) in [5.74, 6) is -1.83. The van der Waals surface area contributed by atoms with Gasteiger partial charge in [-0.3, -0.25) is 23.7 Å². The van der Waals surface area contributed by atoms with E-state index in [4.69, 9.17) is 4.74 Å². The van der Waals surface area contributed by atoms with E-state index >= 15 is 0 Å². The molecule has 5 aromatic rings. The third-order valence-electron chi connectivity index (χ3n) is 7.87. The van der Waals surface area contributed by atoms with Crippen LogP contribution in [-0.4, -0.2) is 34.6 Å². The number of benzene rings is 4. The van der Waals surface area contributed by atoms with Gasteiger partial charge < -0.3 is 10.1 Å². The molecule has 43 heavy (non-hydrogen) atoms. The number of aromatic nitrogens is 1. The number of fused-ring (bicyclic) bond motifs is 3. The van der Waals surface area contributed by atoms with Crippen molar-refractivity contribution in [1.82, 2.24) is 4.57 Å². The Morgan fingerprint density at radius 1 is 0.860 bits per heavy atom. The van der Waals surface area contributed by atoms with Crippen molar-refractivity contribution in [3.63, 3.8) is 0 Å². The van der Waals surface area contributed by atoms with Crippen molar-refractivity contribution < 1.29 is 19.1 Å². The third-order valence-corrected chi connectivity index (χ3v) is 10.5. The van der Waals surface area contributed by atoms with Gasteiger partial charge in [0.1, 0.15) is 17.5 Å². The van der Waals surface area contributed by atoms with E-state index in [-0.39, 0.29) is 29.1 Å². The molecule has 4 aromatic carbocycles. The van der Waals surface area contributed by atoms with E-state index in [2.05, 4.69) is 5.32 Å². The van der Waals surface area contributed by atoms with E-state index in [0.717, 1.165) is 22.1 Å². The monoisotopic (exact) mass is 607 g/mol. The maximum Gasteiger partial charge on any atom is 0.308 e. The van der Waals surface area contributed by atoms with Crippen LogP contribution in [0.4, 0.5) is 11.4 Å². The van der Waals surface area contributed by atoms with Crippen molar-refractivity contribution in [2.24, 2.45) is 5.92 Å². The van der Waals surface area contributed by atoms with Crippen LogP contribution in [0.3, 0.4) is 0 Å². The van der Waals surface area contributed by atoms with Gasteiger partial charge in [0.25, 0.3) is 0 Å². The van der Waals surface area contributed by atoms with Crippen LogP contribution in [0.5, 0.6) is 5.75 Å². The summed E-state index contributed by atoms with van der Waals surface area (Å²) in [7, 11) is 1.55. The first-order valence-electron chi connectivity index (χ1n) is 13.7. The van der Waals surface area contributed by atoms with Gasteiger partial charge in [0.2, 0.25) is 17.7 Å². The van der Waals surface area contributed by atoms with Crippen LogP contribution in [0, 0.1) is 5.92 Å². The molecule has 1 saturated heterocycles. The number of carbonyl (C=O) groups excluding carboxylic acids is 3. The Kier molecular flexibility index (Phi) is 6.87. The number of ether oxygens (including phenoxy) is 1. The molecule has 0 saturated carbocycles. The van der Waals surface area contributed by atoms with Crippen molar-refractivity contribution in [3.8, 4) is 5.75 Å². The number of thioether (sulfide) groups is 1. The predicted octanol–water partition coefficient (Wildman–Crippen LogP) is 5.51. The van der Waals surface area contributed by atoms with Gasteiger partial charge >= 0.3 is 4.87 Å². The molecule has 1 N–H and O–H groups in total. The van der Waals surface area contributed by atoms with Gasteiger partial charge in [-0.2, -0.15) is 0 Å². The summed E-state index contributed by atoms with van der Waals surface area (Å²) in [6, 6.07) is 29.7. The van der Waals surface area contributed by atoms with Crippen molar-refractivity contribution in [3.05, 3.63) is 117 Å². The van der Waals surface area contributed by atoms with Gasteiger partial charge in [-0.15, -0.1) is 0 Å². The van der Waals surface area contributed by atoms with Crippen LogP contribution < -0.4 is 19.8 Å². The van der Waals surface area contributed by atoms with E-state index in [1.807, 2.05) is 66.7 Å². The molecule has 2 aliphatic heterocycles. The zero-order valence-electron chi connectivity index (χ0n) is 22.9. The number of anilines is 2. The number of para-hydroxylation sites is 2. The van der Waals surface area contributed by atoms with Crippen LogP contribution in [0.25, 0.3) is 10.8 Å².